The molecule has 0 spiro atoms. The van der Waals surface area contributed by atoms with Crippen LogP contribution in [-0.4, -0.2) is 28.1 Å². The maximum absolute atomic E-state index is 11.6. The summed E-state index contributed by atoms with van der Waals surface area (Å²) in [5, 5.41) is 12.8. The van der Waals surface area contributed by atoms with Crippen LogP contribution in [0.3, 0.4) is 0 Å². The van der Waals surface area contributed by atoms with Crippen LogP contribution >= 0.6 is 0 Å². The molecule has 1 aromatic heterocycles. The van der Waals surface area contributed by atoms with Gasteiger partial charge in [0.05, 0.1) is 5.60 Å². The van der Waals surface area contributed by atoms with E-state index in [1.165, 1.54) is 6.08 Å². The summed E-state index contributed by atoms with van der Waals surface area (Å²) in [6.07, 6.45) is 7.15. The van der Waals surface area contributed by atoms with Gasteiger partial charge in [0, 0.05) is 25.0 Å². The number of rotatable bonds is 6. The highest BCUT2D eigenvalue weighted by molar-refractivity contribution is 5.91. The Labute approximate surface area is 114 Å². The molecule has 0 aliphatic carbocycles. The van der Waals surface area contributed by atoms with Crippen molar-refractivity contribution in [3.8, 4) is 0 Å². The monoisotopic (exact) mass is 262 g/mol. The second-order valence-electron chi connectivity index (χ2n) is 5.43. The van der Waals surface area contributed by atoms with Crippen LogP contribution in [-0.2, 0) is 4.79 Å². The number of hydrogen-bond donors (Lipinski definition) is 2. The molecule has 0 saturated carbocycles. The van der Waals surface area contributed by atoms with Gasteiger partial charge in [-0.05, 0) is 37.0 Å². The number of carbonyl (C=O) groups is 1. The Hall–Kier alpha value is -1.68. The average molecular weight is 262 g/mol. The van der Waals surface area contributed by atoms with Crippen molar-refractivity contribution in [1.82, 2.24) is 10.3 Å². The Morgan fingerprint density at radius 3 is 2.89 bits per heavy atom. The molecule has 1 amide bonds. The molecule has 2 N–H and O–H groups in total. The summed E-state index contributed by atoms with van der Waals surface area (Å²) in [6, 6.07) is 3.68. The van der Waals surface area contributed by atoms with E-state index in [-0.39, 0.29) is 12.5 Å². The molecule has 0 fully saturated rings. The van der Waals surface area contributed by atoms with E-state index in [1.54, 1.807) is 25.4 Å². The van der Waals surface area contributed by atoms with Crippen molar-refractivity contribution in [3.05, 3.63) is 36.2 Å². The van der Waals surface area contributed by atoms with Gasteiger partial charge in [-0.15, -0.1) is 0 Å². The summed E-state index contributed by atoms with van der Waals surface area (Å²) in [4.78, 5) is 15.6. The fourth-order valence-electron chi connectivity index (χ4n) is 1.93. The second kappa shape index (κ2) is 7.04. The molecular formula is C15H22N2O2. The molecule has 1 atom stereocenters. The van der Waals surface area contributed by atoms with E-state index in [2.05, 4.69) is 10.3 Å². The minimum atomic E-state index is -0.869. The van der Waals surface area contributed by atoms with Gasteiger partial charge in [-0.1, -0.05) is 19.9 Å². The van der Waals surface area contributed by atoms with Gasteiger partial charge in [0.25, 0.3) is 0 Å². The highest BCUT2D eigenvalue weighted by atomic mass is 16.3. The first-order chi connectivity index (χ1) is 8.89. The lowest BCUT2D eigenvalue weighted by atomic mass is 9.94. The lowest BCUT2D eigenvalue weighted by Gasteiger charge is -2.25. The topological polar surface area (TPSA) is 62.2 Å². The summed E-state index contributed by atoms with van der Waals surface area (Å²) in [5.41, 5.74) is -0.00186. The van der Waals surface area contributed by atoms with Crippen LogP contribution < -0.4 is 5.32 Å². The predicted molar refractivity (Wildman–Crippen MR) is 76.4 cm³/mol. The zero-order chi connectivity index (χ0) is 14.3. The standard InChI is InChI=1S/C15H22N2O2/c1-12(2)9-15(3,19)11-17-14(18)7-6-13-5-4-8-16-10-13/h4-8,10,12,19H,9,11H2,1-3H3,(H,17,18). The molecule has 104 valence electrons. The molecule has 1 unspecified atom stereocenters. The first-order valence-electron chi connectivity index (χ1n) is 6.47. The molecule has 0 aliphatic heterocycles. The smallest absolute Gasteiger partial charge is 0.244 e. The second-order valence-corrected chi connectivity index (χ2v) is 5.43. The van der Waals surface area contributed by atoms with Crippen LogP contribution in [0.15, 0.2) is 30.6 Å². The van der Waals surface area contributed by atoms with E-state index < -0.39 is 5.60 Å². The summed E-state index contributed by atoms with van der Waals surface area (Å²) in [7, 11) is 0. The van der Waals surface area contributed by atoms with Crippen LogP contribution in [0.25, 0.3) is 6.08 Å². The largest absolute Gasteiger partial charge is 0.388 e. The number of aromatic nitrogens is 1. The fraction of sp³-hybridized carbons (Fsp3) is 0.467. The Kier molecular flexibility index (Phi) is 5.70. The minimum absolute atomic E-state index is 0.215. The van der Waals surface area contributed by atoms with Crippen molar-refractivity contribution >= 4 is 12.0 Å². The molecule has 19 heavy (non-hydrogen) atoms. The summed E-state index contributed by atoms with van der Waals surface area (Å²) < 4.78 is 0. The van der Waals surface area contributed by atoms with Crippen molar-refractivity contribution in [2.75, 3.05) is 6.54 Å². The molecule has 0 radical (unpaired) electrons. The third-order valence-corrected chi connectivity index (χ3v) is 2.60. The number of aliphatic hydroxyl groups is 1. The van der Waals surface area contributed by atoms with E-state index in [0.29, 0.717) is 12.3 Å². The van der Waals surface area contributed by atoms with E-state index in [0.717, 1.165) is 5.56 Å². The van der Waals surface area contributed by atoms with Gasteiger partial charge in [0.15, 0.2) is 0 Å². The molecule has 1 heterocycles. The molecule has 1 aromatic rings. The van der Waals surface area contributed by atoms with Crippen molar-refractivity contribution in [3.63, 3.8) is 0 Å². The lowest BCUT2D eigenvalue weighted by Crippen LogP contribution is -2.40. The summed E-state index contributed by atoms with van der Waals surface area (Å²) in [5.74, 6) is 0.172. The number of pyridine rings is 1. The molecule has 0 bridgehead atoms. The Morgan fingerprint density at radius 1 is 1.58 bits per heavy atom. The number of nitrogens with one attached hydrogen (secondary N) is 1. The molecule has 0 aromatic carbocycles. The van der Waals surface area contributed by atoms with E-state index >= 15 is 0 Å². The third-order valence-electron chi connectivity index (χ3n) is 2.60. The Balaban J connectivity index is 2.42. The molecule has 0 saturated heterocycles. The molecular weight excluding hydrogens is 240 g/mol. The summed E-state index contributed by atoms with van der Waals surface area (Å²) in [6.45, 7) is 6.07. The van der Waals surface area contributed by atoms with Gasteiger partial charge in [-0.3, -0.25) is 9.78 Å². The number of carbonyl (C=O) groups excluding carboxylic acids is 1. The van der Waals surface area contributed by atoms with Gasteiger partial charge < -0.3 is 10.4 Å². The molecule has 1 rings (SSSR count). The highest BCUT2D eigenvalue weighted by Gasteiger charge is 2.21. The first kappa shape index (κ1) is 15.4. The predicted octanol–water partition coefficient (Wildman–Crippen LogP) is 2.01. The van der Waals surface area contributed by atoms with Crippen molar-refractivity contribution in [1.29, 1.82) is 0 Å². The van der Waals surface area contributed by atoms with Crippen LogP contribution in [0.1, 0.15) is 32.8 Å². The zero-order valence-electron chi connectivity index (χ0n) is 11.8. The van der Waals surface area contributed by atoms with Crippen LogP contribution in [0, 0.1) is 5.92 Å². The molecule has 0 aliphatic rings. The number of hydrogen-bond acceptors (Lipinski definition) is 3. The molecule has 4 heteroatoms. The lowest BCUT2D eigenvalue weighted by molar-refractivity contribution is -0.117. The SMILES string of the molecule is CC(C)CC(C)(O)CNC(=O)C=Cc1cccnc1. The van der Waals surface area contributed by atoms with Gasteiger partial charge in [-0.2, -0.15) is 0 Å². The van der Waals surface area contributed by atoms with Gasteiger partial charge >= 0.3 is 0 Å². The van der Waals surface area contributed by atoms with E-state index in [4.69, 9.17) is 0 Å². The minimum Gasteiger partial charge on any atom is -0.388 e. The Morgan fingerprint density at radius 2 is 2.32 bits per heavy atom. The Bertz CT molecular complexity index is 425. The van der Waals surface area contributed by atoms with Crippen molar-refractivity contribution in [2.24, 2.45) is 5.92 Å². The van der Waals surface area contributed by atoms with Crippen molar-refractivity contribution < 1.29 is 9.90 Å². The first-order valence-corrected chi connectivity index (χ1v) is 6.47. The fourth-order valence-corrected chi connectivity index (χ4v) is 1.93. The van der Waals surface area contributed by atoms with E-state index in [9.17, 15) is 9.90 Å². The average Bonchev–Trinajstić information content (AvgIpc) is 2.34. The quantitative estimate of drug-likeness (QED) is 0.771. The van der Waals surface area contributed by atoms with Gasteiger partial charge in [-0.25, -0.2) is 0 Å². The highest BCUT2D eigenvalue weighted by Crippen LogP contribution is 2.14. The molecule has 4 nitrogen and oxygen atoms in total. The van der Waals surface area contributed by atoms with Gasteiger partial charge in [0.1, 0.15) is 0 Å². The maximum atomic E-state index is 11.6. The van der Waals surface area contributed by atoms with Gasteiger partial charge in [0.2, 0.25) is 5.91 Å². The van der Waals surface area contributed by atoms with Crippen LogP contribution in [0.4, 0.5) is 0 Å². The zero-order valence-corrected chi connectivity index (χ0v) is 11.8. The number of amides is 1. The van der Waals surface area contributed by atoms with Crippen LogP contribution in [0.5, 0.6) is 0 Å². The summed E-state index contributed by atoms with van der Waals surface area (Å²) >= 11 is 0. The van der Waals surface area contributed by atoms with Crippen LogP contribution in [0.2, 0.25) is 0 Å². The van der Waals surface area contributed by atoms with Crippen molar-refractivity contribution in [2.45, 2.75) is 32.8 Å². The normalized spacial score (nSPS) is 14.6. The van der Waals surface area contributed by atoms with E-state index in [1.807, 2.05) is 26.0 Å². The number of nitrogens with zero attached hydrogens (tertiary/aromatic N) is 1. The third kappa shape index (κ3) is 6.72. The maximum Gasteiger partial charge on any atom is 0.244 e.